The summed E-state index contributed by atoms with van der Waals surface area (Å²) in [5.74, 6) is 0.744. The Kier molecular flexibility index (Phi) is 3.37. The third kappa shape index (κ3) is 2.35. The molecule has 0 bridgehead atoms. The summed E-state index contributed by atoms with van der Waals surface area (Å²) in [7, 11) is 3.00. The molecule has 0 saturated carbocycles. The minimum Gasteiger partial charge on any atom is -0.336 e. The van der Waals surface area contributed by atoms with Crippen molar-refractivity contribution in [3.05, 3.63) is 26.7 Å². The Morgan fingerprint density at radius 2 is 1.95 bits per heavy atom. The molecule has 1 N–H and O–H groups in total. The Balaban J connectivity index is 2.44. The van der Waals surface area contributed by atoms with Gasteiger partial charge in [0.2, 0.25) is 0 Å². The smallest absolute Gasteiger partial charge is 0.332 e. The maximum atomic E-state index is 11.9. The van der Waals surface area contributed by atoms with Gasteiger partial charge in [-0.25, -0.2) is 9.78 Å². The van der Waals surface area contributed by atoms with Crippen LogP contribution in [0.2, 0.25) is 0 Å². The quantitative estimate of drug-likeness (QED) is 0.833. The maximum absolute atomic E-state index is 11.9. The molecule has 2 aromatic heterocycles. The van der Waals surface area contributed by atoms with E-state index in [0.717, 1.165) is 4.57 Å². The molecule has 7 heteroatoms. The van der Waals surface area contributed by atoms with Gasteiger partial charge in [-0.05, 0) is 13.3 Å². The molecular weight excluding hydrogens is 248 g/mol. The van der Waals surface area contributed by atoms with E-state index in [-0.39, 0.29) is 11.3 Å². The fraction of sp³-hybridized carbons (Fsp3) is 0.500. The number of aromatic nitrogens is 4. The molecular formula is C12H16N4O3. The van der Waals surface area contributed by atoms with Crippen molar-refractivity contribution in [3.63, 3.8) is 0 Å². The van der Waals surface area contributed by atoms with Gasteiger partial charge in [0.15, 0.2) is 5.65 Å². The average Bonchev–Trinajstić information content (AvgIpc) is 2.77. The summed E-state index contributed by atoms with van der Waals surface area (Å²) < 4.78 is 2.38. The highest BCUT2D eigenvalue weighted by atomic mass is 16.2. The molecule has 0 aliphatic heterocycles. The van der Waals surface area contributed by atoms with Crippen molar-refractivity contribution in [1.82, 2.24) is 19.1 Å². The molecule has 102 valence electrons. The number of rotatable bonds is 4. The number of nitrogens with zero attached hydrogens (tertiary/aromatic N) is 3. The zero-order valence-corrected chi connectivity index (χ0v) is 11.2. The predicted molar refractivity (Wildman–Crippen MR) is 70.2 cm³/mol. The first-order valence-electron chi connectivity index (χ1n) is 6.06. The fourth-order valence-corrected chi connectivity index (χ4v) is 2.00. The van der Waals surface area contributed by atoms with Gasteiger partial charge in [0.05, 0.1) is 0 Å². The van der Waals surface area contributed by atoms with Gasteiger partial charge in [-0.3, -0.25) is 13.9 Å². The van der Waals surface area contributed by atoms with E-state index in [0.29, 0.717) is 36.3 Å². The van der Waals surface area contributed by atoms with Gasteiger partial charge in [0.25, 0.3) is 5.56 Å². The first kappa shape index (κ1) is 13.3. The van der Waals surface area contributed by atoms with Gasteiger partial charge >= 0.3 is 5.69 Å². The minimum absolute atomic E-state index is 0.124. The fourth-order valence-electron chi connectivity index (χ4n) is 2.00. The number of hydrogen-bond donors (Lipinski definition) is 1. The summed E-state index contributed by atoms with van der Waals surface area (Å²) in [5.41, 5.74) is -0.115. The van der Waals surface area contributed by atoms with Gasteiger partial charge in [0, 0.05) is 26.9 Å². The van der Waals surface area contributed by atoms with E-state index < -0.39 is 5.69 Å². The molecule has 2 rings (SSSR count). The number of nitrogens with one attached hydrogen (secondary N) is 1. The van der Waals surface area contributed by atoms with Crippen molar-refractivity contribution >= 4 is 16.9 Å². The van der Waals surface area contributed by atoms with Crippen LogP contribution in [-0.4, -0.2) is 24.9 Å². The first-order valence-corrected chi connectivity index (χ1v) is 6.06. The van der Waals surface area contributed by atoms with Crippen LogP contribution in [0.5, 0.6) is 0 Å². The summed E-state index contributed by atoms with van der Waals surface area (Å²) in [4.78, 5) is 41.7. The van der Waals surface area contributed by atoms with Gasteiger partial charge < -0.3 is 9.78 Å². The summed E-state index contributed by atoms with van der Waals surface area (Å²) in [6, 6.07) is 0. The molecule has 19 heavy (non-hydrogen) atoms. The molecule has 7 nitrogen and oxygen atoms in total. The van der Waals surface area contributed by atoms with Crippen LogP contribution >= 0.6 is 0 Å². The van der Waals surface area contributed by atoms with Crippen LogP contribution < -0.4 is 11.2 Å². The highest BCUT2D eigenvalue weighted by Crippen LogP contribution is 2.07. The SMILES string of the molecule is CC(=O)CCCc1nc2c([nH]1)c(=O)n(C)c(=O)n2C. The average molecular weight is 264 g/mol. The van der Waals surface area contributed by atoms with E-state index in [4.69, 9.17) is 0 Å². The molecule has 0 fully saturated rings. The van der Waals surface area contributed by atoms with Crippen LogP contribution in [0.4, 0.5) is 0 Å². The first-order chi connectivity index (χ1) is 8.91. The molecule has 0 amide bonds. The highest BCUT2D eigenvalue weighted by Gasteiger charge is 2.13. The van der Waals surface area contributed by atoms with Crippen molar-refractivity contribution in [2.75, 3.05) is 0 Å². The standard InChI is InChI=1S/C12H16N4O3/c1-7(17)5-4-6-8-13-9-10(14-8)15(2)12(19)16(3)11(9)18/h4-6H2,1-3H3,(H,13,14). The molecule has 0 aliphatic carbocycles. The summed E-state index contributed by atoms with van der Waals surface area (Å²) in [5, 5.41) is 0. The normalized spacial score (nSPS) is 11.1. The maximum Gasteiger partial charge on any atom is 0.332 e. The monoisotopic (exact) mass is 264 g/mol. The van der Waals surface area contributed by atoms with Crippen molar-refractivity contribution in [3.8, 4) is 0 Å². The van der Waals surface area contributed by atoms with Crippen molar-refractivity contribution < 1.29 is 4.79 Å². The zero-order valence-electron chi connectivity index (χ0n) is 11.2. The molecule has 2 aromatic rings. The van der Waals surface area contributed by atoms with Crippen molar-refractivity contribution in [2.24, 2.45) is 14.1 Å². The zero-order chi connectivity index (χ0) is 14.2. The van der Waals surface area contributed by atoms with Crippen LogP contribution in [0.15, 0.2) is 9.59 Å². The van der Waals surface area contributed by atoms with E-state index in [1.807, 2.05) is 0 Å². The van der Waals surface area contributed by atoms with E-state index in [1.54, 1.807) is 7.05 Å². The van der Waals surface area contributed by atoms with Crippen molar-refractivity contribution in [2.45, 2.75) is 26.2 Å². The van der Waals surface area contributed by atoms with Crippen LogP contribution in [0, 0.1) is 0 Å². The molecule has 2 heterocycles. The number of H-pyrrole nitrogens is 1. The van der Waals surface area contributed by atoms with Gasteiger partial charge in [0.1, 0.15) is 17.1 Å². The Labute approximate surface area is 108 Å². The number of imidazole rings is 1. The number of carbonyl (C=O) groups is 1. The van der Waals surface area contributed by atoms with E-state index >= 15 is 0 Å². The number of carbonyl (C=O) groups excluding carboxylic acids is 1. The summed E-state index contributed by atoms with van der Waals surface area (Å²) in [6.07, 6.45) is 1.73. The molecule has 0 unspecified atom stereocenters. The second-order valence-corrected chi connectivity index (χ2v) is 4.64. The Hall–Kier alpha value is -2.18. The number of hydrogen-bond acceptors (Lipinski definition) is 4. The lowest BCUT2D eigenvalue weighted by molar-refractivity contribution is -0.117. The van der Waals surface area contributed by atoms with Crippen LogP contribution in [0.25, 0.3) is 11.2 Å². The Morgan fingerprint density at radius 3 is 2.58 bits per heavy atom. The van der Waals surface area contributed by atoms with Crippen molar-refractivity contribution in [1.29, 1.82) is 0 Å². The third-order valence-electron chi connectivity index (χ3n) is 3.09. The Morgan fingerprint density at radius 1 is 1.26 bits per heavy atom. The predicted octanol–water partition coefficient (Wildman–Crippen LogP) is -0.128. The number of ketones is 1. The number of aromatic amines is 1. The van der Waals surface area contributed by atoms with E-state index in [9.17, 15) is 14.4 Å². The molecule has 0 saturated heterocycles. The van der Waals surface area contributed by atoms with Crippen LogP contribution in [0.3, 0.4) is 0 Å². The lowest BCUT2D eigenvalue weighted by Gasteiger charge is -2.00. The third-order valence-corrected chi connectivity index (χ3v) is 3.09. The van der Waals surface area contributed by atoms with Gasteiger partial charge in [-0.15, -0.1) is 0 Å². The number of fused-ring (bicyclic) bond motifs is 1. The highest BCUT2D eigenvalue weighted by molar-refractivity contribution is 5.75. The molecule has 0 radical (unpaired) electrons. The van der Waals surface area contributed by atoms with Crippen LogP contribution in [0.1, 0.15) is 25.6 Å². The molecule has 0 spiro atoms. The topological polar surface area (TPSA) is 89.8 Å². The second-order valence-electron chi connectivity index (χ2n) is 4.64. The molecule has 0 aliphatic rings. The Bertz CT molecular complexity index is 751. The largest absolute Gasteiger partial charge is 0.336 e. The summed E-state index contributed by atoms with van der Waals surface area (Å²) >= 11 is 0. The number of aryl methyl sites for hydroxylation is 2. The second kappa shape index (κ2) is 4.83. The lowest BCUT2D eigenvalue weighted by atomic mass is 10.2. The molecule has 0 aromatic carbocycles. The minimum atomic E-state index is -0.403. The van der Waals surface area contributed by atoms with E-state index in [2.05, 4.69) is 9.97 Å². The number of Topliss-reactive ketones (excluding diaryl/α,β-unsaturated/α-hetero) is 1. The van der Waals surface area contributed by atoms with Gasteiger partial charge in [-0.1, -0.05) is 0 Å². The van der Waals surface area contributed by atoms with E-state index in [1.165, 1.54) is 18.5 Å². The lowest BCUT2D eigenvalue weighted by Crippen LogP contribution is -2.36. The van der Waals surface area contributed by atoms with Gasteiger partial charge in [-0.2, -0.15) is 0 Å². The molecule has 0 atom stereocenters. The van der Waals surface area contributed by atoms with Crippen LogP contribution in [-0.2, 0) is 25.3 Å². The summed E-state index contributed by atoms with van der Waals surface area (Å²) in [6.45, 7) is 1.54.